The number of rotatable bonds is 10. The average molecular weight is 622 g/mol. The Morgan fingerprint density at radius 1 is 1.05 bits per heavy atom. The first-order valence-corrected chi connectivity index (χ1v) is 14.2. The first kappa shape index (κ1) is 30.4. The SMILES string of the molecule is COc1cnc2c(-c3nc4cc(F)c(O[C@@H](C)COC(=O)Nc5cnc(C(=O)NC[C@H](C)O)nc5)cc4s3)cc(C)cc2n1. The lowest BCUT2D eigenvalue weighted by Gasteiger charge is -2.15. The second kappa shape index (κ2) is 13.1. The molecule has 0 spiro atoms. The van der Waals surface area contributed by atoms with Crippen LogP contribution in [-0.2, 0) is 4.74 Å². The normalized spacial score (nSPS) is 12.5. The number of halogens is 1. The molecule has 0 bridgehead atoms. The Morgan fingerprint density at radius 2 is 1.82 bits per heavy atom. The lowest BCUT2D eigenvalue weighted by atomic mass is 10.1. The molecule has 2 amide bonds. The van der Waals surface area contributed by atoms with Crippen molar-refractivity contribution in [2.75, 3.05) is 25.6 Å². The van der Waals surface area contributed by atoms with Gasteiger partial charge in [-0.05, 0) is 38.5 Å². The second-order valence-corrected chi connectivity index (χ2v) is 10.9. The van der Waals surface area contributed by atoms with Crippen LogP contribution in [0.2, 0.25) is 0 Å². The number of hydrogen-bond acceptors (Lipinski definition) is 12. The van der Waals surface area contributed by atoms with Crippen LogP contribution >= 0.6 is 11.3 Å². The molecular formula is C29H28FN7O6S. The van der Waals surface area contributed by atoms with Gasteiger partial charge in [-0.3, -0.25) is 10.1 Å². The zero-order chi connectivity index (χ0) is 31.4. The molecule has 228 valence electrons. The number of thiazole rings is 1. The molecule has 0 aliphatic rings. The minimum Gasteiger partial charge on any atom is -0.484 e. The van der Waals surface area contributed by atoms with Gasteiger partial charge in [-0.15, -0.1) is 11.3 Å². The number of aryl methyl sites for hydroxylation is 1. The van der Waals surface area contributed by atoms with E-state index in [0.29, 0.717) is 32.1 Å². The van der Waals surface area contributed by atoms with Crippen LogP contribution in [-0.4, -0.2) is 74.5 Å². The van der Waals surface area contributed by atoms with Crippen molar-refractivity contribution in [1.82, 2.24) is 30.2 Å². The summed E-state index contributed by atoms with van der Waals surface area (Å²) in [6.45, 7) is 4.97. The van der Waals surface area contributed by atoms with Crippen molar-refractivity contribution < 1.29 is 33.3 Å². The van der Waals surface area contributed by atoms with E-state index in [1.165, 1.54) is 50.0 Å². The van der Waals surface area contributed by atoms with Gasteiger partial charge in [0.2, 0.25) is 11.7 Å². The van der Waals surface area contributed by atoms with E-state index in [1.54, 1.807) is 13.0 Å². The van der Waals surface area contributed by atoms with Crippen LogP contribution in [0.4, 0.5) is 14.9 Å². The molecule has 2 aromatic carbocycles. The fraction of sp³-hybridized carbons (Fsp3) is 0.276. The average Bonchev–Trinajstić information content (AvgIpc) is 3.41. The highest BCUT2D eigenvalue weighted by molar-refractivity contribution is 7.21. The van der Waals surface area contributed by atoms with E-state index in [1.807, 2.05) is 19.1 Å². The number of nitrogens with one attached hydrogen (secondary N) is 2. The number of hydrogen-bond donors (Lipinski definition) is 3. The molecule has 13 nitrogen and oxygen atoms in total. The van der Waals surface area contributed by atoms with Crippen molar-refractivity contribution in [2.45, 2.75) is 33.0 Å². The first-order valence-electron chi connectivity index (χ1n) is 13.4. The lowest BCUT2D eigenvalue weighted by Crippen LogP contribution is -2.31. The summed E-state index contributed by atoms with van der Waals surface area (Å²) >= 11 is 1.36. The summed E-state index contributed by atoms with van der Waals surface area (Å²) < 4.78 is 31.8. The number of carbonyl (C=O) groups is 2. The van der Waals surface area contributed by atoms with Crippen molar-refractivity contribution in [2.24, 2.45) is 0 Å². The number of fused-ring (bicyclic) bond motifs is 2. The minimum absolute atomic E-state index is 0.0132. The van der Waals surface area contributed by atoms with E-state index in [-0.39, 0.29) is 30.4 Å². The van der Waals surface area contributed by atoms with Crippen LogP contribution in [0, 0.1) is 12.7 Å². The maximum Gasteiger partial charge on any atom is 0.411 e. The second-order valence-electron chi connectivity index (χ2n) is 9.87. The number of aliphatic hydroxyl groups is 1. The lowest BCUT2D eigenvalue weighted by molar-refractivity contribution is 0.0913. The smallest absolute Gasteiger partial charge is 0.411 e. The number of methoxy groups -OCH3 is 1. The van der Waals surface area contributed by atoms with Gasteiger partial charge in [0.25, 0.3) is 5.91 Å². The fourth-order valence-corrected chi connectivity index (χ4v) is 5.06. The zero-order valence-corrected chi connectivity index (χ0v) is 24.9. The largest absolute Gasteiger partial charge is 0.484 e. The molecule has 3 N–H and O–H groups in total. The number of carbonyl (C=O) groups excluding carboxylic acids is 2. The monoisotopic (exact) mass is 621 g/mol. The van der Waals surface area contributed by atoms with E-state index < -0.39 is 30.0 Å². The van der Waals surface area contributed by atoms with Crippen LogP contribution in [0.15, 0.2) is 42.9 Å². The maximum absolute atomic E-state index is 15.0. The molecule has 0 radical (unpaired) electrons. The molecule has 44 heavy (non-hydrogen) atoms. The zero-order valence-electron chi connectivity index (χ0n) is 24.1. The molecule has 5 aromatic rings. The van der Waals surface area contributed by atoms with Crippen molar-refractivity contribution in [3.8, 4) is 22.2 Å². The highest BCUT2D eigenvalue weighted by Crippen LogP contribution is 2.37. The molecule has 0 saturated carbocycles. The Morgan fingerprint density at radius 3 is 2.55 bits per heavy atom. The van der Waals surface area contributed by atoms with Gasteiger partial charge in [0.05, 0.1) is 58.7 Å². The summed E-state index contributed by atoms with van der Waals surface area (Å²) in [6.07, 6.45) is 1.79. The van der Waals surface area contributed by atoms with E-state index in [2.05, 4.69) is 35.6 Å². The predicted molar refractivity (Wildman–Crippen MR) is 161 cm³/mol. The number of ether oxygens (including phenoxy) is 3. The predicted octanol–water partition coefficient (Wildman–Crippen LogP) is 4.28. The fourth-order valence-electron chi connectivity index (χ4n) is 4.07. The van der Waals surface area contributed by atoms with Crippen LogP contribution in [0.1, 0.15) is 30.0 Å². The molecule has 0 unspecified atom stereocenters. The number of amides is 2. The van der Waals surface area contributed by atoms with E-state index >= 15 is 0 Å². The van der Waals surface area contributed by atoms with Gasteiger partial charge in [0.15, 0.2) is 11.6 Å². The number of aliphatic hydroxyl groups excluding tert-OH is 1. The van der Waals surface area contributed by atoms with E-state index in [0.717, 1.165) is 11.1 Å². The van der Waals surface area contributed by atoms with Crippen molar-refractivity contribution in [1.29, 1.82) is 0 Å². The van der Waals surface area contributed by atoms with E-state index in [9.17, 15) is 19.1 Å². The maximum atomic E-state index is 15.0. The third-order valence-corrected chi connectivity index (χ3v) is 7.14. The Bertz CT molecular complexity index is 1830. The Kier molecular flexibility index (Phi) is 9.06. The van der Waals surface area contributed by atoms with E-state index in [4.69, 9.17) is 14.2 Å². The highest BCUT2D eigenvalue weighted by atomic mass is 32.1. The molecule has 0 aliphatic heterocycles. The number of anilines is 1. The van der Waals surface area contributed by atoms with Crippen molar-refractivity contribution >= 4 is 50.3 Å². The Balaban J connectivity index is 1.21. The summed E-state index contributed by atoms with van der Waals surface area (Å²) in [4.78, 5) is 45.6. The molecular weight excluding hydrogens is 593 g/mol. The third-order valence-electron chi connectivity index (χ3n) is 6.09. The molecule has 0 fully saturated rings. The van der Waals surface area contributed by atoms with Gasteiger partial charge in [0.1, 0.15) is 17.7 Å². The highest BCUT2D eigenvalue weighted by Gasteiger charge is 2.18. The first-order chi connectivity index (χ1) is 21.1. The summed E-state index contributed by atoms with van der Waals surface area (Å²) in [5, 5.41) is 14.8. The number of nitrogens with zero attached hydrogens (tertiary/aromatic N) is 5. The summed E-state index contributed by atoms with van der Waals surface area (Å²) in [5.74, 6) is -0.915. The van der Waals surface area contributed by atoms with Crippen LogP contribution in [0.5, 0.6) is 11.6 Å². The minimum atomic E-state index is -0.815. The van der Waals surface area contributed by atoms with Gasteiger partial charge in [-0.2, -0.15) is 0 Å². The standard InChI is InChI=1S/C29H28FN7O6S/c1-14-5-18(25-21(6-14)36-24(41-4)12-31-25)28-37-20-7-19(30)22(8-23(20)44-28)43-16(3)13-42-29(40)35-17-10-32-26(33-11-17)27(39)34-9-15(2)38/h5-8,10-12,15-16,38H,9,13H2,1-4H3,(H,34,39)(H,35,40)/t15-,16-/m0/s1. The molecule has 0 saturated heterocycles. The van der Waals surface area contributed by atoms with Crippen LogP contribution in [0.3, 0.4) is 0 Å². The number of aromatic nitrogens is 5. The Hall–Kier alpha value is -5.02. The quantitative estimate of drug-likeness (QED) is 0.203. The van der Waals surface area contributed by atoms with Gasteiger partial charge in [-0.1, -0.05) is 0 Å². The van der Waals surface area contributed by atoms with Gasteiger partial charge >= 0.3 is 6.09 Å². The molecule has 5 rings (SSSR count). The van der Waals surface area contributed by atoms with Gasteiger partial charge in [0, 0.05) is 24.2 Å². The Labute approximate surface area is 254 Å². The molecule has 3 heterocycles. The molecule has 15 heteroatoms. The van der Waals surface area contributed by atoms with Crippen molar-refractivity contribution in [3.63, 3.8) is 0 Å². The molecule has 3 aromatic heterocycles. The van der Waals surface area contributed by atoms with Gasteiger partial charge < -0.3 is 24.6 Å². The molecule has 2 atom stereocenters. The summed E-state index contributed by atoms with van der Waals surface area (Å²) in [6, 6.07) is 6.72. The molecule has 0 aliphatic carbocycles. The van der Waals surface area contributed by atoms with Crippen LogP contribution in [0.25, 0.3) is 31.8 Å². The topological polar surface area (TPSA) is 171 Å². The third kappa shape index (κ3) is 7.12. The van der Waals surface area contributed by atoms with Crippen LogP contribution < -0.4 is 20.1 Å². The summed E-state index contributed by atoms with van der Waals surface area (Å²) in [7, 11) is 1.53. The van der Waals surface area contributed by atoms with Crippen molar-refractivity contribution in [3.05, 3.63) is 60.1 Å². The van der Waals surface area contributed by atoms with Gasteiger partial charge in [-0.25, -0.2) is 34.1 Å². The summed E-state index contributed by atoms with van der Waals surface area (Å²) in [5.41, 5.74) is 3.70. The number of benzene rings is 2.